The molecule has 1 aliphatic heterocycles. The molecule has 1 N–H and O–H groups in total. The topological polar surface area (TPSA) is 106 Å². The molecule has 36 heavy (non-hydrogen) atoms. The molecule has 2 amide bonds. The fourth-order valence-electron chi connectivity index (χ4n) is 3.95. The zero-order valence-electron chi connectivity index (χ0n) is 19.7. The van der Waals surface area contributed by atoms with Gasteiger partial charge in [-0.05, 0) is 60.9 Å². The molecule has 0 unspecified atom stereocenters. The van der Waals surface area contributed by atoms with E-state index in [-0.39, 0.29) is 35.2 Å². The first-order valence-corrected chi connectivity index (χ1v) is 13.1. The van der Waals surface area contributed by atoms with E-state index in [0.29, 0.717) is 24.1 Å². The second-order valence-electron chi connectivity index (χ2n) is 8.49. The molecule has 188 valence electrons. The molecular weight excluding hydrogens is 485 g/mol. The maximum atomic E-state index is 15.0. The Balaban J connectivity index is 1.41. The summed E-state index contributed by atoms with van der Waals surface area (Å²) in [5.41, 5.74) is 1.96. The number of carbonyl (C=O) groups is 2. The van der Waals surface area contributed by atoms with Crippen molar-refractivity contribution < 1.29 is 27.1 Å². The SMILES string of the molecule is CC(=O)NC[C@H]1CN(c2ccc(-c3ccc(S(=O)(=O)CCCc4ccccn4)cc3)c(F)c2)C(=O)O1. The summed E-state index contributed by atoms with van der Waals surface area (Å²) in [4.78, 5) is 29.0. The monoisotopic (exact) mass is 511 g/mol. The Hall–Kier alpha value is -3.79. The number of nitrogens with one attached hydrogen (secondary N) is 1. The molecule has 1 fully saturated rings. The van der Waals surface area contributed by atoms with Gasteiger partial charge < -0.3 is 10.1 Å². The Morgan fingerprint density at radius 3 is 2.61 bits per heavy atom. The minimum atomic E-state index is -3.48. The maximum absolute atomic E-state index is 15.0. The quantitative estimate of drug-likeness (QED) is 0.469. The van der Waals surface area contributed by atoms with E-state index in [1.165, 1.54) is 36.1 Å². The van der Waals surface area contributed by atoms with Gasteiger partial charge in [-0.3, -0.25) is 14.7 Å². The molecule has 1 aromatic heterocycles. The Labute approximate surface area is 209 Å². The van der Waals surface area contributed by atoms with Crippen molar-refractivity contribution in [2.75, 3.05) is 23.7 Å². The van der Waals surface area contributed by atoms with Crippen LogP contribution in [0.4, 0.5) is 14.9 Å². The van der Waals surface area contributed by atoms with Gasteiger partial charge in [0, 0.05) is 24.4 Å². The van der Waals surface area contributed by atoms with Crippen LogP contribution in [0.3, 0.4) is 0 Å². The number of aromatic nitrogens is 1. The van der Waals surface area contributed by atoms with Crippen LogP contribution in [0, 0.1) is 5.82 Å². The average molecular weight is 512 g/mol. The highest BCUT2D eigenvalue weighted by atomic mass is 32.2. The highest BCUT2D eigenvalue weighted by molar-refractivity contribution is 7.91. The van der Waals surface area contributed by atoms with Crippen molar-refractivity contribution in [1.29, 1.82) is 0 Å². The molecule has 0 spiro atoms. The second kappa shape index (κ2) is 10.9. The van der Waals surface area contributed by atoms with Gasteiger partial charge in [0.1, 0.15) is 11.9 Å². The maximum Gasteiger partial charge on any atom is 0.414 e. The van der Waals surface area contributed by atoms with Gasteiger partial charge in [-0.2, -0.15) is 0 Å². The molecule has 4 rings (SSSR count). The van der Waals surface area contributed by atoms with Crippen molar-refractivity contribution in [2.45, 2.75) is 30.8 Å². The number of aryl methyl sites for hydroxylation is 1. The van der Waals surface area contributed by atoms with Crippen LogP contribution in [-0.4, -0.2) is 50.3 Å². The normalized spacial score (nSPS) is 15.6. The van der Waals surface area contributed by atoms with Crippen molar-refractivity contribution >= 4 is 27.5 Å². The number of amides is 2. The molecule has 1 aliphatic rings. The highest BCUT2D eigenvalue weighted by Crippen LogP contribution is 2.30. The molecular formula is C26H26FN3O5S. The fraction of sp³-hybridized carbons (Fsp3) is 0.269. The molecule has 0 bridgehead atoms. The fourth-order valence-corrected chi connectivity index (χ4v) is 5.26. The van der Waals surface area contributed by atoms with Gasteiger partial charge in [-0.1, -0.05) is 18.2 Å². The minimum absolute atomic E-state index is 0.0131. The molecule has 1 atom stereocenters. The number of hydrogen-bond acceptors (Lipinski definition) is 6. The molecule has 0 radical (unpaired) electrons. The molecule has 2 aromatic carbocycles. The molecule has 0 aliphatic carbocycles. The summed E-state index contributed by atoms with van der Waals surface area (Å²) in [5.74, 6) is -0.805. The van der Waals surface area contributed by atoms with Gasteiger partial charge in [0.15, 0.2) is 9.84 Å². The van der Waals surface area contributed by atoms with Gasteiger partial charge in [0.2, 0.25) is 5.91 Å². The molecule has 2 heterocycles. The number of pyridine rings is 1. The largest absolute Gasteiger partial charge is 0.442 e. The zero-order valence-corrected chi connectivity index (χ0v) is 20.5. The van der Waals surface area contributed by atoms with E-state index in [9.17, 15) is 22.4 Å². The van der Waals surface area contributed by atoms with E-state index >= 15 is 0 Å². The zero-order chi connectivity index (χ0) is 25.7. The van der Waals surface area contributed by atoms with Gasteiger partial charge in [0.05, 0.1) is 29.4 Å². The lowest BCUT2D eigenvalue weighted by Crippen LogP contribution is -2.33. The lowest BCUT2D eigenvalue weighted by Gasteiger charge is -2.15. The molecule has 1 saturated heterocycles. The van der Waals surface area contributed by atoms with Crippen molar-refractivity contribution in [2.24, 2.45) is 0 Å². The van der Waals surface area contributed by atoms with E-state index in [4.69, 9.17) is 4.74 Å². The minimum Gasteiger partial charge on any atom is -0.442 e. The van der Waals surface area contributed by atoms with E-state index in [1.807, 2.05) is 18.2 Å². The first-order chi connectivity index (χ1) is 17.2. The number of cyclic esters (lactones) is 1. The van der Waals surface area contributed by atoms with Crippen LogP contribution in [0.1, 0.15) is 19.0 Å². The standard InChI is InChI=1S/C26H26FN3O5S/c1-18(31)29-16-22-17-30(26(32)35-22)21-9-12-24(25(27)15-21)19-7-10-23(11-8-19)36(33,34)14-4-6-20-5-2-3-13-28-20/h2-3,5,7-13,15,22H,4,6,14,16-17H2,1H3,(H,29,31)/t22-/m0/s1. The summed E-state index contributed by atoms with van der Waals surface area (Å²) in [5, 5.41) is 2.59. The number of halogens is 1. The van der Waals surface area contributed by atoms with E-state index in [2.05, 4.69) is 10.3 Å². The number of benzene rings is 2. The van der Waals surface area contributed by atoms with Gasteiger partial charge in [-0.15, -0.1) is 0 Å². The molecule has 8 nitrogen and oxygen atoms in total. The summed E-state index contributed by atoms with van der Waals surface area (Å²) in [6.07, 6.45) is 1.55. The summed E-state index contributed by atoms with van der Waals surface area (Å²) in [6, 6.07) is 16.0. The summed E-state index contributed by atoms with van der Waals surface area (Å²) in [6.45, 7) is 1.73. The number of ether oxygens (including phenoxy) is 1. The van der Waals surface area contributed by atoms with Crippen LogP contribution < -0.4 is 10.2 Å². The number of carbonyl (C=O) groups excluding carboxylic acids is 2. The number of sulfone groups is 1. The number of hydrogen-bond donors (Lipinski definition) is 1. The third-order valence-corrected chi connectivity index (χ3v) is 7.63. The van der Waals surface area contributed by atoms with Crippen LogP contribution in [0.5, 0.6) is 0 Å². The van der Waals surface area contributed by atoms with Crippen molar-refractivity contribution in [3.63, 3.8) is 0 Å². The predicted molar refractivity (Wildman–Crippen MR) is 133 cm³/mol. The third kappa shape index (κ3) is 6.06. The Kier molecular flexibility index (Phi) is 7.64. The van der Waals surface area contributed by atoms with Crippen LogP contribution in [0.2, 0.25) is 0 Å². The summed E-state index contributed by atoms with van der Waals surface area (Å²) >= 11 is 0. The Morgan fingerprint density at radius 1 is 1.17 bits per heavy atom. The number of anilines is 1. The summed E-state index contributed by atoms with van der Waals surface area (Å²) in [7, 11) is -3.48. The van der Waals surface area contributed by atoms with Gasteiger partial charge >= 0.3 is 6.09 Å². The number of rotatable bonds is 9. The van der Waals surface area contributed by atoms with Crippen molar-refractivity contribution in [3.05, 3.63) is 78.4 Å². The average Bonchev–Trinajstić information content (AvgIpc) is 3.24. The van der Waals surface area contributed by atoms with Crippen LogP contribution >= 0.6 is 0 Å². The Morgan fingerprint density at radius 2 is 1.94 bits per heavy atom. The number of nitrogens with zero attached hydrogens (tertiary/aromatic N) is 2. The van der Waals surface area contributed by atoms with Crippen molar-refractivity contribution in [3.8, 4) is 11.1 Å². The summed E-state index contributed by atoms with van der Waals surface area (Å²) < 4.78 is 45.6. The molecule has 0 saturated carbocycles. The molecule has 3 aromatic rings. The third-order valence-electron chi connectivity index (χ3n) is 5.81. The van der Waals surface area contributed by atoms with Gasteiger partial charge in [0.25, 0.3) is 0 Å². The molecule has 10 heteroatoms. The van der Waals surface area contributed by atoms with E-state index in [1.54, 1.807) is 24.4 Å². The first kappa shape index (κ1) is 25.3. The second-order valence-corrected chi connectivity index (χ2v) is 10.6. The first-order valence-electron chi connectivity index (χ1n) is 11.5. The highest BCUT2D eigenvalue weighted by Gasteiger charge is 2.32. The Bertz CT molecular complexity index is 1350. The van der Waals surface area contributed by atoms with Crippen LogP contribution in [0.25, 0.3) is 11.1 Å². The van der Waals surface area contributed by atoms with Crippen LogP contribution in [0.15, 0.2) is 71.8 Å². The lowest BCUT2D eigenvalue weighted by atomic mass is 10.0. The van der Waals surface area contributed by atoms with E-state index in [0.717, 1.165) is 5.69 Å². The van der Waals surface area contributed by atoms with Gasteiger partial charge in [-0.25, -0.2) is 17.6 Å². The predicted octanol–water partition coefficient (Wildman–Crippen LogP) is 3.76. The van der Waals surface area contributed by atoms with Crippen LogP contribution in [-0.2, 0) is 25.8 Å². The lowest BCUT2D eigenvalue weighted by molar-refractivity contribution is -0.119. The van der Waals surface area contributed by atoms with Crippen molar-refractivity contribution in [1.82, 2.24) is 10.3 Å². The smallest absolute Gasteiger partial charge is 0.414 e. The van der Waals surface area contributed by atoms with E-state index < -0.39 is 27.9 Å².